The standard InChI is InChI=1S/C9H7NO2P/c11-8-10-13(12)7-6-9-4-2-1-3-5-9/h1-7H/q+1. The smallest absolute Gasteiger partial charge is 0.207 e. The molecule has 13 heavy (non-hydrogen) atoms. The van der Waals surface area contributed by atoms with Crippen LogP contribution in [-0.4, -0.2) is 6.08 Å². The summed E-state index contributed by atoms with van der Waals surface area (Å²) < 4.78 is 13.9. The van der Waals surface area contributed by atoms with Gasteiger partial charge in [0, 0.05) is 0 Å². The molecular weight excluding hydrogens is 185 g/mol. The highest BCUT2D eigenvalue weighted by molar-refractivity contribution is 7.47. The number of hydrogen-bond donors (Lipinski definition) is 0. The van der Waals surface area contributed by atoms with E-state index in [0.717, 1.165) is 5.56 Å². The molecule has 0 fully saturated rings. The maximum atomic E-state index is 10.8. The Morgan fingerprint density at radius 3 is 2.62 bits per heavy atom. The van der Waals surface area contributed by atoms with Crippen molar-refractivity contribution in [2.75, 3.05) is 0 Å². The van der Waals surface area contributed by atoms with Gasteiger partial charge in [0.05, 0.1) is 4.76 Å². The van der Waals surface area contributed by atoms with Crippen molar-refractivity contribution >= 4 is 20.1 Å². The first-order valence-electron chi connectivity index (χ1n) is 3.60. The Hall–Kier alpha value is -1.56. The minimum atomic E-state index is -1.93. The molecule has 0 aliphatic rings. The van der Waals surface area contributed by atoms with Crippen molar-refractivity contribution in [3.63, 3.8) is 0 Å². The van der Waals surface area contributed by atoms with E-state index in [-0.39, 0.29) is 0 Å². The van der Waals surface area contributed by atoms with Crippen LogP contribution in [0, 0.1) is 0 Å². The first-order valence-corrected chi connectivity index (χ1v) is 4.88. The lowest BCUT2D eigenvalue weighted by Crippen LogP contribution is -1.65. The number of isocyanates is 1. The molecule has 0 saturated carbocycles. The van der Waals surface area contributed by atoms with Crippen LogP contribution in [0.2, 0.25) is 0 Å². The lowest BCUT2D eigenvalue weighted by Gasteiger charge is -1.85. The molecule has 64 valence electrons. The van der Waals surface area contributed by atoms with Crippen molar-refractivity contribution in [3.05, 3.63) is 41.7 Å². The average Bonchev–Trinajstić information content (AvgIpc) is 2.17. The van der Waals surface area contributed by atoms with Gasteiger partial charge in [0.25, 0.3) is 6.08 Å². The number of benzene rings is 1. The van der Waals surface area contributed by atoms with E-state index in [1.165, 1.54) is 11.9 Å². The maximum absolute atomic E-state index is 10.8. The fourth-order valence-corrected chi connectivity index (χ4v) is 1.23. The van der Waals surface area contributed by atoms with Crippen molar-refractivity contribution in [1.29, 1.82) is 0 Å². The Bertz CT molecular complexity index is 366. The predicted molar refractivity (Wildman–Crippen MR) is 51.2 cm³/mol. The second-order valence-electron chi connectivity index (χ2n) is 2.22. The van der Waals surface area contributed by atoms with Gasteiger partial charge in [-0.05, 0) is 16.2 Å². The predicted octanol–water partition coefficient (Wildman–Crippen LogP) is 2.74. The maximum Gasteiger partial charge on any atom is 0.528 e. The minimum absolute atomic E-state index is 0.923. The van der Waals surface area contributed by atoms with Gasteiger partial charge in [-0.1, -0.05) is 30.3 Å². The third kappa shape index (κ3) is 3.57. The third-order valence-corrected chi connectivity index (χ3v) is 2.02. The van der Waals surface area contributed by atoms with E-state index >= 15 is 0 Å². The molecule has 0 N–H and O–H groups in total. The lowest BCUT2D eigenvalue weighted by atomic mass is 10.2. The molecule has 1 aromatic carbocycles. The monoisotopic (exact) mass is 192 g/mol. The summed E-state index contributed by atoms with van der Waals surface area (Å²) in [6, 6.07) is 9.36. The van der Waals surface area contributed by atoms with E-state index in [4.69, 9.17) is 0 Å². The quantitative estimate of drug-likeness (QED) is 0.420. The van der Waals surface area contributed by atoms with Gasteiger partial charge in [0.2, 0.25) is 0 Å². The fourth-order valence-electron chi connectivity index (χ4n) is 0.788. The van der Waals surface area contributed by atoms with Gasteiger partial charge in [-0.25, -0.2) is 4.79 Å². The van der Waals surface area contributed by atoms with Crippen molar-refractivity contribution in [2.45, 2.75) is 0 Å². The van der Waals surface area contributed by atoms with E-state index < -0.39 is 7.95 Å². The Balaban J connectivity index is 2.69. The Kier molecular flexibility index (Phi) is 3.77. The first kappa shape index (κ1) is 9.53. The SMILES string of the molecule is O=C=N[P+](=O)C=Cc1ccccc1. The summed E-state index contributed by atoms with van der Waals surface area (Å²) in [5.74, 6) is 1.37. The van der Waals surface area contributed by atoms with Crippen molar-refractivity contribution in [2.24, 2.45) is 4.76 Å². The molecule has 0 aromatic heterocycles. The largest absolute Gasteiger partial charge is 0.528 e. The summed E-state index contributed by atoms with van der Waals surface area (Å²) in [6.07, 6.45) is 2.90. The summed E-state index contributed by atoms with van der Waals surface area (Å²) in [7, 11) is -1.93. The zero-order valence-electron chi connectivity index (χ0n) is 6.75. The van der Waals surface area contributed by atoms with E-state index in [0.29, 0.717) is 0 Å². The highest BCUT2D eigenvalue weighted by Crippen LogP contribution is 2.23. The summed E-state index contributed by atoms with van der Waals surface area (Å²) >= 11 is 0. The van der Waals surface area contributed by atoms with Crippen LogP contribution in [0.5, 0.6) is 0 Å². The molecule has 1 unspecified atom stereocenters. The highest BCUT2D eigenvalue weighted by atomic mass is 31.1. The van der Waals surface area contributed by atoms with Gasteiger partial charge in [0.15, 0.2) is 5.82 Å². The molecule has 0 bridgehead atoms. The zero-order valence-corrected chi connectivity index (χ0v) is 7.65. The van der Waals surface area contributed by atoms with Crippen LogP contribution in [0.3, 0.4) is 0 Å². The van der Waals surface area contributed by atoms with E-state index in [1.54, 1.807) is 6.08 Å². The second kappa shape index (κ2) is 5.15. The highest BCUT2D eigenvalue weighted by Gasteiger charge is 2.05. The summed E-state index contributed by atoms with van der Waals surface area (Å²) in [4.78, 5) is 9.72. The molecule has 0 aliphatic heterocycles. The number of hydrogen-bond acceptors (Lipinski definition) is 2. The molecule has 4 heteroatoms. The van der Waals surface area contributed by atoms with Crippen LogP contribution >= 0.6 is 7.95 Å². The molecule has 1 rings (SSSR count). The topological polar surface area (TPSA) is 46.5 Å². The van der Waals surface area contributed by atoms with Gasteiger partial charge < -0.3 is 0 Å². The molecular formula is C9H7NO2P+. The Morgan fingerprint density at radius 2 is 2.00 bits per heavy atom. The molecule has 3 nitrogen and oxygen atoms in total. The number of nitrogens with zero attached hydrogens (tertiary/aromatic N) is 1. The molecule has 0 saturated heterocycles. The van der Waals surface area contributed by atoms with Crippen LogP contribution in [0.1, 0.15) is 5.56 Å². The van der Waals surface area contributed by atoms with Crippen LogP contribution in [0.25, 0.3) is 6.08 Å². The van der Waals surface area contributed by atoms with Gasteiger partial charge in [-0.2, -0.15) is 0 Å². The van der Waals surface area contributed by atoms with Crippen molar-refractivity contribution < 1.29 is 9.36 Å². The molecule has 0 heterocycles. The Labute approximate surface area is 76.7 Å². The number of carbonyl (C=O) groups excluding carboxylic acids is 1. The van der Waals surface area contributed by atoms with Crippen LogP contribution in [0.4, 0.5) is 0 Å². The zero-order chi connectivity index (χ0) is 9.52. The summed E-state index contributed by atoms with van der Waals surface area (Å²) in [5.41, 5.74) is 0.923. The molecule has 1 atom stereocenters. The van der Waals surface area contributed by atoms with Gasteiger partial charge in [0.1, 0.15) is 0 Å². The van der Waals surface area contributed by atoms with Crippen LogP contribution in [-0.2, 0) is 9.36 Å². The normalized spacial score (nSPS) is 10.9. The van der Waals surface area contributed by atoms with Crippen molar-refractivity contribution in [1.82, 2.24) is 0 Å². The third-order valence-electron chi connectivity index (χ3n) is 1.33. The lowest BCUT2D eigenvalue weighted by molar-refractivity contribution is 0.564. The number of rotatable bonds is 3. The second-order valence-corrected chi connectivity index (χ2v) is 3.32. The van der Waals surface area contributed by atoms with Crippen LogP contribution in [0.15, 0.2) is 40.9 Å². The van der Waals surface area contributed by atoms with E-state index in [9.17, 15) is 9.36 Å². The average molecular weight is 192 g/mol. The van der Waals surface area contributed by atoms with Gasteiger partial charge in [-0.3, -0.25) is 0 Å². The van der Waals surface area contributed by atoms with E-state index in [2.05, 4.69) is 4.76 Å². The molecule has 0 radical (unpaired) electrons. The fraction of sp³-hybridized carbons (Fsp3) is 0. The molecule has 0 amide bonds. The first-order chi connectivity index (χ1) is 6.33. The minimum Gasteiger partial charge on any atom is -0.207 e. The molecule has 1 aromatic rings. The van der Waals surface area contributed by atoms with Crippen molar-refractivity contribution in [3.8, 4) is 0 Å². The van der Waals surface area contributed by atoms with Gasteiger partial charge >= 0.3 is 7.95 Å². The molecule has 0 spiro atoms. The van der Waals surface area contributed by atoms with E-state index in [1.807, 2.05) is 30.3 Å². The Morgan fingerprint density at radius 1 is 1.31 bits per heavy atom. The molecule has 0 aliphatic carbocycles. The van der Waals surface area contributed by atoms with Crippen LogP contribution < -0.4 is 0 Å². The summed E-state index contributed by atoms with van der Waals surface area (Å²) in [5, 5.41) is 0. The van der Waals surface area contributed by atoms with Gasteiger partial charge in [-0.15, -0.1) is 0 Å². The summed E-state index contributed by atoms with van der Waals surface area (Å²) in [6.45, 7) is 0.